The zero-order valence-electron chi connectivity index (χ0n) is 18.4. The summed E-state index contributed by atoms with van der Waals surface area (Å²) < 4.78 is 16.5. The molecule has 0 amide bonds. The first-order valence-electron chi connectivity index (χ1n) is 10.4. The van der Waals surface area contributed by atoms with E-state index in [2.05, 4.69) is 26.6 Å². The van der Waals surface area contributed by atoms with Gasteiger partial charge in [0.05, 0.1) is 33.5 Å². The molecular weight excluding hydrogens is 509 g/mol. The molecule has 2 aromatic rings. The van der Waals surface area contributed by atoms with E-state index in [1.807, 2.05) is 44.3 Å². The lowest BCUT2D eigenvalue weighted by Crippen LogP contribution is -2.37. The topological polar surface area (TPSA) is 80.2 Å². The second kappa shape index (κ2) is 13.2. The fraction of sp³-hybridized carbons (Fsp3) is 0.455. The minimum Gasteiger partial charge on any atom is -0.493 e. The number of pyridine rings is 1. The summed E-state index contributed by atoms with van der Waals surface area (Å²) in [6.07, 6.45) is 1.83. The number of aromatic nitrogens is 1. The first-order valence-corrected chi connectivity index (χ1v) is 10.4. The third-order valence-electron chi connectivity index (χ3n) is 4.66. The summed E-state index contributed by atoms with van der Waals surface area (Å²) in [5.74, 6) is 3.07. The molecule has 0 spiro atoms. The lowest BCUT2D eigenvalue weighted by molar-refractivity contribution is 0.122. The second-order valence-electron chi connectivity index (χ2n) is 6.70. The Kier molecular flexibility index (Phi) is 10.6. The average Bonchev–Trinajstić information content (AvgIpc) is 2.79. The molecular formula is C22H32IN5O3. The van der Waals surface area contributed by atoms with Crippen LogP contribution in [0.15, 0.2) is 41.5 Å². The quantitative estimate of drug-likeness (QED) is 0.301. The number of ether oxygens (including phenoxy) is 3. The van der Waals surface area contributed by atoms with Gasteiger partial charge in [0, 0.05) is 43.1 Å². The van der Waals surface area contributed by atoms with E-state index in [-0.39, 0.29) is 24.0 Å². The number of aliphatic imine (C=N–C) groups is 1. The molecule has 3 rings (SSSR count). The predicted molar refractivity (Wildman–Crippen MR) is 135 cm³/mol. The number of hydrogen-bond donors (Lipinski definition) is 2. The van der Waals surface area contributed by atoms with Gasteiger partial charge in [-0.25, -0.2) is 9.98 Å². The summed E-state index contributed by atoms with van der Waals surface area (Å²) in [5, 5.41) is 6.63. The van der Waals surface area contributed by atoms with E-state index in [1.54, 1.807) is 7.11 Å². The molecule has 1 aliphatic rings. The van der Waals surface area contributed by atoms with E-state index >= 15 is 0 Å². The van der Waals surface area contributed by atoms with Gasteiger partial charge in [0.1, 0.15) is 5.82 Å². The van der Waals surface area contributed by atoms with Gasteiger partial charge in [-0.05, 0) is 32.0 Å². The summed E-state index contributed by atoms with van der Waals surface area (Å²) in [6, 6.07) is 9.77. The predicted octanol–water partition coefficient (Wildman–Crippen LogP) is 3.52. The molecule has 0 saturated carbocycles. The van der Waals surface area contributed by atoms with Crippen molar-refractivity contribution in [2.24, 2.45) is 4.99 Å². The number of anilines is 2. The maximum Gasteiger partial charge on any atom is 0.196 e. The Bertz CT molecular complexity index is 844. The maximum atomic E-state index is 5.59. The van der Waals surface area contributed by atoms with Gasteiger partial charge in [-0.1, -0.05) is 6.07 Å². The number of morpholine rings is 1. The van der Waals surface area contributed by atoms with Gasteiger partial charge in [0.15, 0.2) is 17.5 Å². The molecule has 9 heteroatoms. The summed E-state index contributed by atoms with van der Waals surface area (Å²) >= 11 is 0. The number of nitrogens with one attached hydrogen (secondary N) is 2. The zero-order valence-corrected chi connectivity index (χ0v) is 20.7. The van der Waals surface area contributed by atoms with Crippen molar-refractivity contribution in [3.63, 3.8) is 0 Å². The van der Waals surface area contributed by atoms with Crippen LogP contribution >= 0.6 is 24.0 Å². The van der Waals surface area contributed by atoms with E-state index in [0.29, 0.717) is 24.9 Å². The monoisotopic (exact) mass is 541 g/mol. The first-order chi connectivity index (χ1) is 14.7. The average molecular weight is 541 g/mol. The van der Waals surface area contributed by atoms with Crippen molar-refractivity contribution in [1.82, 2.24) is 10.3 Å². The van der Waals surface area contributed by atoms with Crippen LogP contribution in [0.2, 0.25) is 0 Å². The Morgan fingerprint density at radius 1 is 1.19 bits per heavy atom. The van der Waals surface area contributed by atoms with Gasteiger partial charge < -0.3 is 29.7 Å². The van der Waals surface area contributed by atoms with Crippen LogP contribution in [0.25, 0.3) is 0 Å². The van der Waals surface area contributed by atoms with Crippen molar-refractivity contribution < 1.29 is 14.2 Å². The van der Waals surface area contributed by atoms with Gasteiger partial charge in [-0.2, -0.15) is 0 Å². The van der Waals surface area contributed by atoms with Crippen LogP contribution in [0.3, 0.4) is 0 Å². The molecule has 2 N–H and O–H groups in total. The normalized spacial score (nSPS) is 13.9. The Balaban J connectivity index is 0.00000341. The van der Waals surface area contributed by atoms with E-state index in [4.69, 9.17) is 19.2 Å². The SMILES string of the molecule is CCNC(=NCc1cccnc1N1CCOCC1)Nc1ccc(OCC)c(OC)c1.I. The molecule has 1 fully saturated rings. The van der Waals surface area contributed by atoms with Crippen molar-refractivity contribution in [1.29, 1.82) is 0 Å². The van der Waals surface area contributed by atoms with E-state index in [1.165, 1.54) is 0 Å². The van der Waals surface area contributed by atoms with Gasteiger partial charge in [-0.15, -0.1) is 24.0 Å². The molecule has 1 aromatic heterocycles. The van der Waals surface area contributed by atoms with E-state index in [9.17, 15) is 0 Å². The molecule has 1 saturated heterocycles. The molecule has 0 unspecified atom stereocenters. The number of rotatable bonds is 8. The van der Waals surface area contributed by atoms with E-state index in [0.717, 1.165) is 55.7 Å². The molecule has 8 nitrogen and oxygen atoms in total. The van der Waals surface area contributed by atoms with Crippen LogP contribution in [0.1, 0.15) is 19.4 Å². The number of benzene rings is 1. The largest absolute Gasteiger partial charge is 0.493 e. The number of halogens is 1. The van der Waals surface area contributed by atoms with Crippen LogP contribution in [0.4, 0.5) is 11.5 Å². The summed E-state index contributed by atoms with van der Waals surface area (Å²) in [6.45, 7) is 8.99. The minimum atomic E-state index is 0. The highest BCUT2D eigenvalue weighted by Crippen LogP contribution is 2.30. The van der Waals surface area contributed by atoms with Crippen molar-refractivity contribution in [2.45, 2.75) is 20.4 Å². The van der Waals surface area contributed by atoms with Gasteiger partial charge in [0.25, 0.3) is 0 Å². The molecule has 170 valence electrons. The zero-order chi connectivity index (χ0) is 21.2. The standard InChI is InChI=1S/C22H31N5O3.HI/c1-4-23-22(26-18-8-9-19(30-5-2)20(15-18)28-3)25-16-17-7-6-10-24-21(17)27-11-13-29-14-12-27;/h6-10,15H,4-5,11-14,16H2,1-3H3,(H2,23,25,26);1H. The molecule has 0 radical (unpaired) electrons. The number of nitrogens with zero attached hydrogens (tertiary/aromatic N) is 3. The summed E-state index contributed by atoms with van der Waals surface area (Å²) in [4.78, 5) is 11.6. The van der Waals surface area contributed by atoms with Crippen LogP contribution in [0.5, 0.6) is 11.5 Å². The molecule has 1 aromatic carbocycles. The number of guanidine groups is 1. The van der Waals surface area contributed by atoms with Crippen molar-refractivity contribution in [3.8, 4) is 11.5 Å². The van der Waals surface area contributed by atoms with Gasteiger partial charge in [0.2, 0.25) is 0 Å². The third kappa shape index (κ3) is 7.13. The van der Waals surface area contributed by atoms with E-state index < -0.39 is 0 Å². The highest BCUT2D eigenvalue weighted by Gasteiger charge is 2.15. The fourth-order valence-electron chi connectivity index (χ4n) is 3.24. The molecule has 0 aliphatic carbocycles. The van der Waals surface area contributed by atoms with Crippen LogP contribution < -0.4 is 25.0 Å². The molecule has 2 heterocycles. The molecule has 1 aliphatic heterocycles. The lowest BCUT2D eigenvalue weighted by Gasteiger charge is -2.29. The van der Waals surface area contributed by atoms with Crippen LogP contribution in [-0.4, -0.2) is 57.5 Å². The first kappa shape index (κ1) is 25.0. The van der Waals surface area contributed by atoms with Crippen LogP contribution in [-0.2, 0) is 11.3 Å². The highest BCUT2D eigenvalue weighted by molar-refractivity contribution is 14.0. The molecule has 31 heavy (non-hydrogen) atoms. The fourth-order valence-corrected chi connectivity index (χ4v) is 3.24. The Morgan fingerprint density at radius 2 is 2.00 bits per heavy atom. The smallest absolute Gasteiger partial charge is 0.196 e. The van der Waals surface area contributed by atoms with Crippen molar-refractivity contribution in [2.75, 3.05) is 56.8 Å². The van der Waals surface area contributed by atoms with Gasteiger partial charge >= 0.3 is 0 Å². The number of methoxy groups -OCH3 is 1. The highest BCUT2D eigenvalue weighted by atomic mass is 127. The molecule has 0 atom stereocenters. The van der Waals surface area contributed by atoms with Crippen LogP contribution in [0, 0.1) is 0 Å². The lowest BCUT2D eigenvalue weighted by atomic mass is 10.2. The van der Waals surface area contributed by atoms with Crippen molar-refractivity contribution in [3.05, 3.63) is 42.1 Å². The Morgan fingerprint density at radius 3 is 2.71 bits per heavy atom. The van der Waals surface area contributed by atoms with Gasteiger partial charge in [-0.3, -0.25) is 0 Å². The Labute approximate surface area is 201 Å². The second-order valence-corrected chi connectivity index (χ2v) is 6.70. The summed E-state index contributed by atoms with van der Waals surface area (Å²) in [5.41, 5.74) is 1.95. The minimum absolute atomic E-state index is 0. The number of hydrogen-bond acceptors (Lipinski definition) is 6. The maximum absolute atomic E-state index is 5.59. The summed E-state index contributed by atoms with van der Waals surface area (Å²) in [7, 11) is 1.64. The van der Waals surface area contributed by atoms with Crippen molar-refractivity contribution >= 4 is 41.4 Å². The molecule has 0 bridgehead atoms. The third-order valence-corrected chi connectivity index (χ3v) is 4.66. The Hall–Kier alpha value is -2.27.